The van der Waals surface area contributed by atoms with Crippen molar-refractivity contribution in [2.24, 2.45) is 11.0 Å². The molecular weight excluding hydrogens is 140 g/mol. The third-order valence-corrected chi connectivity index (χ3v) is 1.80. The molecule has 0 heterocycles. The zero-order valence-electron chi connectivity index (χ0n) is 6.86. The molecule has 0 aliphatic heterocycles. The molecule has 0 bridgehead atoms. The molecule has 0 saturated heterocycles. The number of hydrogen-bond donors (Lipinski definition) is 0. The molecule has 0 radical (unpaired) electrons. The van der Waals surface area contributed by atoms with Crippen molar-refractivity contribution in [3.63, 3.8) is 0 Å². The molecule has 4 heteroatoms. The van der Waals surface area contributed by atoms with E-state index in [0.717, 1.165) is 6.42 Å². The molecule has 0 aromatic carbocycles. The summed E-state index contributed by atoms with van der Waals surface area (Å²) in [6.07, 6.45) is 0.952. The SMILES string of the molecule is [C-]#[N+][C@H](CN=[N+]=[N-])[C@@H](C)CC. The third kappa shape index (κ3) is 3.49. The molecule has 0 amide bonds. The van der Waals surface area contributed by atoms with Gasteiger partial charge in [-0.05, 0) is 12.0 Å². The number of nitrogens with zero attached hydrogens (tertiary/aromatic N) is 4. The van der Waals surface area contributed by atoms with Crippen molar-refractivity contribution in [2.45, 2.75) is 26.3 Å². The van der Waals surface area contributed by atoms with Gasteiger partial charge < -0.3 is 4.85 Å². The Hall–Kier alpha value is -1.20. The molecule has 0 rings (SSSR count). The van der Waals surface area contributed by atoms with Gasteiger partial charge in [0.1, 0.15) is 6.54 Å². The van der Waals surface area contributed by atoms with Gasteiger partial charge in [0, 0.05) is 10.8 Å². The topological polar surface area (TPSA) is 53.1 Å². The molecule has 0 N–H and O–H groups in total. The van der Waals surface area contributed by atoms with Gasteiger partial charge in [-0.25, -0.2) is 6.57 Å². The predicted molar refractivity (Wildman–Crippen MR) is 43.9 cm³/mol. The lowest BCUT2D eigenvalue weighted by Gasteiger charge is -2.07. The van der Waals surface area contributed by atoms with E-state index in [1.54, 1.807) is 0 Å². The van der Waals surface area contributed by atoms with Crippen molar-refractivity contribution in [3.8, 4) is 0 Å². The maximum Gasteiger partial charge on any atom is 0.231 e. The fraction of sp³-hybridized carbons (Fsp3) is 0.857. The van der Waals surface area contributed by atoms with Crippen LogP contribution in [0.2, 0.25) is 0 Å². The van der Waals surface area contributed by atoms with Crippen molar-refractivity contribution in [3.05, 3.63) is 21.9 Å². The Balaban J connectivity index is 3.96. The Morgan fingerprint density at radius 3 is 2.64 bits per heavy atom. The summed E-state index contributed by atoms with van der Waals surface area (Å²) in [4.78, 5) is 6.00. The maximum atomic E-state index is 8.02. The third-order valence-electron chi connectivity index (χ3n) is 1.80. The van der Waals surface area contributed by atoms with E-state index in [1.165, 1.54) is 0 Å². The normalized spacial score (nSPS) is 14.3. The quantitative estimate of drug-likeness (QED) is 0.257. The van der Waals surface area contributed by atoms with E-state index in [-0.39, 0.29) is 6.04 Å². The van der Waals surface area contributed by atoms with E-state index in [2.05, 4.69) is 14.9 Å². The summed E-state index contributed by atoms with van der Waals surface area (Å²) in [7, 11) is 0. The first kappa shape index (κ1) is 9.80. The molecule has 2 atom stereocenters. The zero-order valence-corrected chi connectivity index (χ0v) is 6.86. The van der Waals surface area contributed by atoms with Crippen LogP contribution in [-0.4, -0.2) is 12.6 Å². The molecule has 0 aromatic rings. The van der Waals surface area contributed by atoms with Crippen molar-refractivity contribution >= 4 is 0 Å². The van der Waals surface area contributed by atoms with E-state index in [1.807, 2.05) is 13.8 Å². The predicted octanol–water partition coefficient (Wildman–Crippen LogP) is 2.63. The molecule has 0 aliphatic rings. The van der Waals surface area contributed by atoms with Crippen LogP contribution in [0.15, 0.2) is 5.11 Å². The summed E-state index contributed by atoms with van der Waals surface area (Å²) in [6, 6.07) is -0.143. The van der Waals surface area contributed by atoms with Gasteiger partial charge in [0.05, 0.1) is 0 Å². The van der Waals surface area contributed by atoms with Gasteiger partial charge in [-0.2, -0.15) is 0 Å². The zero-order chi connectivity index (χ0) is 8.69. The molecule has 11 heavy (non-hydrogen) atoms. The van der Waals surface area contributed by atoms with E-state index in [0.29, 0.717) is 12.5 Å². The fourth-order valence-corrected chi connectivity index (χ4v) is 0.740. The standard InChI is InChI=1S/C7H12N4/c1-4-6(2)7(9-3)5-10-11-8/h6-7H,4-5H2,1-2H3/t6-,7+/m0/s1. The van der Waals surface area contributed by atoms with Crippen LogP contribution in [0, 0.1) is 12.5 Å². The molecule has 0 fully saturated rings. The Morgan fingerprint density at radius 2 is 2.27 bits per heavy atom. The highest BCUT2D eigenvalue weighted by Crippen LogP contribution is 2.11. The van der Waals surface area contributed by atoms with Crippen LogP contribution >= 0.6 is 0 Å². The van der Waals surface area contributed by atoms with Gasteiger partial charge in [0.2, 0.25) is 6.04 Å². The van der Waals surface area contributed by atoms with Gasteiger partial charge >= 0.3 is 0 Å². The van der Waals surface area contributed by atoms with E-state index < -0.39 is 0 Å². The summed E-state index contributed by atoms with van der Waals surface area (Å²) in [5.41, 5.74) is 8.02. The first-order chi connectivity index (χ1) is 5.26. The van der Waals surface area contributed by atoms with Crippen molar-refractivity contribution in [1.82, 2.24) is 0 Å². The lowest BCUT2D eigenvalue weighted by atomic mass is 10.0. The summed E-state index contributed by atoms with van der Waals surface area (Å²) < 4.78 is 0. The molecule has 0 aliphatic carbocycles. The molecule has 0 aromatic heterocycles. The van der Waals surface area contributed by atoms with Crippen molar-refractivity contribution < 1.29 is 0 Å². The second-order valence-corrected chi connectivity index (χ2v) is 2.50. The Bertz CT molecular complexity index is 187. The minimum atomic E-state index is -0.143. The minimum absolute atomic E-state index is 0.143. The molecule has 0 unspecified atom stereocenters. The molecule has 60 valence electrons. The molecule has 4 nitrogen and oxygen atoms in total. The van der Waals surface area contributed by atoms with E-state index in [4.69, 9.17) is 12.1 Å². The molecule has 0 spiro atoms. The molecular formula is C7H12N4. The number of azide groups is 1. The Labute approximate surface area is 66.7 Å². The Kier molecular flexibility index (Phi) is 4.97. The van der Waals surface area contributed by atoms with Crippen LogP contribution in [0.4, 0.5) is 0 Å². The summed E-state index contributed by atoms with van der Waals surface area (Å²) in [5, 5.41) is 3.38. The lowest BCUT2D eigenvalue weighted by molar-refractivity contribution is 0.494. The maximum absolute atomic E-state index is 8.02. The van der Waals surface area contributed by atoms with E-state index in [9.17, 15) is 0 Å². The van der Waals surface area contributed by atoms with Crippen LogP contribution in [-0.2, 0) is 0 Å². The van der Waals surface area contributed by atoms with Gasteiger partial charge in [-0.15, -0.1) is 0 Å². The first-order valence-electron chi connectivity index (χ1n) is 3.63. The molecule has 0 saturated carbocycles. The van der Waals surface area contributed by atoms with Gasteiger partial charge in [0.15, 0.2) is 0 Å². The van der Waals surface area contributed by atoms with Gasteiger partial charge in [-0.3, -0.25) is 0 Å². The summed E-state index contributed by atoms with van der Waals surface area (Å²) in [5.74, 6) is 0.318. The van der Waals surface area contributed by atoms with Crippen molar-refractivity contribution in [2.75, 3.05) is 6.54 Å². The average Bonchev–Trinajstić information content (AvgIpc) is 2.05. The van der Waals surface area contributed by atoms with Crippen LogP contribution < -0.4 is 0 Å². The van der Waals surface area contributed by atoms with Crippen LogP contribution in [0.25, 0.3) is 15.3 Å². The minimum Gasteiger partial charge on any atom is -0.313 e. The van der Waals surface area contributed by atoms with Gasteiger partial charge in [-0.1, -0.05) is 19.0 Å². The smallest absolute Gasteiger partial charge is 0.231 e. The second-order valence-electron chi connectivity index (χ2n) is 2.50. The highest BCUT2D eigenvalue weighted by atomic mass is 15.1. The highest BCUT2D eigenvalue weighted by Gasteiger charge is 2.18. The monoisotopic (exact) mass is 152 g/mol. The van der Waals surface area contributed by atoms with Crippen LogP contribution in [0.3, 0.4) is 0 Å². The van der Waals surface area contributed by atoms with Crippen molar-refractivity contribution in [1.29, 1.82) is 0 Å². The van der Waals surface area contributed by atoms with Gasteiger partial charge in [0.25, 0.3) is 0 Å². The van der Waals surface area contributed by atoms with Crippen LogP contribution in [0.5, 0.6) is 0 Å². The second kappa shape index (κ2) is 5.57. The Morgan fingerprint density at radius 1 is 1.64 bits per heavy atom. The van der Waals surface area contributed by atoms with Crippen LogP contribution in [0.1, 0.15) is 20.3 Å². The van der Waals surface area contributed by atoms with E-state index >= 15 is 0 Å². The largest absolute Gasteiger partial charge is 0.313 e. The first-order valence-corrected chi connectivity index (χ1v) is 3.63. The average molecular weight is 152 g/mol. The highest BCUT2D eigenvalue weighted by molar-refractivity contribution is 4.84. The lowest BCUT2D eigenvalue weighted by Crippen LogP contribution is -2.16. The summed E-state index contributed by atoms with van der Waals surface area (Å²) >= 11 is 0. The number of hydrogen-bond acceptors (Lipinski definition) is 1. The number of rotatable bonds is 4. The fourth-order valence-electron chi connectivity index (χ4n) is 0.740. The summed E-state index contributed by atoms with van der Waals surface area (Å²) in [6.45, 7) is 11.1.